The molecule has 0 spiro atoms. The molecule has 0 aliphatic rings. The quantitative estimate of drug-likeness (QED) is 0.458. The Labute approximate surface area is 98.4 Å². The molecule has 0 amide bonds. The molecule has 0 aromatic heterocycles. The first-order chi connectivity index (χ1) is 7.90. The maximum absolute atomic E-state index is 10.6. The molecule has 7 nitrogen and oxygen atoms in total. The Morgan fingerprint density at radius 1 is 1.35 bits per heavy atom. The van der Waals surface area contributed by atoms with Gasteiger partial charge in [0.2, 0.25) is 10.0 Å². The smallest absolute Gasteiger partial charge is 0.310 e. The van der Waals surface area contributed by atoms with Crippen LogP contribution in [0.25, 0.3) is 0 Å². The summed E-state index contributed by atoms with van der Waals surface area (Å²) in [5.41, 5.74) is -0.150. The first kappa shape index (κ1) is 13.4. The Kier molecular flexibility index (Phi) is 4.41. The van der Waals surface area contributed by atoms with Crippen molar-refractivity contribution in [2.75, 3.05) is 12.4 Å². The number of hydrogen-bond acceptors (Lipinski definition) is 5. The van der Waals surface area contributed by atoms with Crippen LogP contribution in [0.3, 0.4) is 0 Å². The summed E-state index contributed by atoms with van der Waals surface area (Å²) in [4.78, 5) is 10.1. The summed E-state index contributed by atoms with van der Waals surface area (Å²) < 4.78 is 26.4. The van der Waals surface area contributed by atoms with E-state index in [0.29, 0.717) is 0 Å². The third-order valence-electron chi connectivity index (χ3n) is 1.89. The Morgan fingerprint density at radius 3 is 2.59 bits per heavy atom. The van der Waals surface area contributed by atoms with Crippen molar-refractivity contribution in [2.24, 2.45) is 5.14 Å². The second-order valence-corrected chi connectivity index (χ2v) is 5.03. The average Bonchev–Trinajstić information content (AvgIpc) is 2.23. The van der Waals surface area contributed by atoms with Crippen molar-refractivity contribution in [3.8, 4) is 5.75 Å². The number of para-hydroxylation sites is 2. The van der Waals surface area contributed by atoms with Crippen molar-refractivity contribution >= 4 is 15.7 Å². The number of benzene rings is 1. The van der Waals surface area contributed by atoms with Gasteiger partial charge >= 0.3 is 5.69 Å². The van der Waals surface area contributed by atoms with E-state index in [1.165, 1.54) is 18.2 Å². The highest BCUT2D eigenvalue weighted by Gasteiger charge is 2.13. The minimum atomic E-state index is -3.52. The SMILES string of the molecule is NS(=O)(=O)CCCOc1ccccc1[N+](=O)[O-]. The highest BCUT2D eigenvalue weighted by atomic mass is 32.2. The van der Waals surface area contributed by atoms with Crippen molar-refractivity contribution in [3.05, 3.63) is 34.4 Å². The Morgan fingerprint density at radius 2 is 2.00 bits per heavy atom. The second-order valence-electron chi connectivity index (χ2n) is 3.29. The molecular weight excluding hydrogens is 248 g/mol. The van der Waals surface area contributed by atoms with Gasteiger partial charge in [-0.3, -0.25) is 10.1 Å². The molecule has 94 valence electrons. The van der Waals surface area contributed by atoms with Crippen LogP contribution in [0.1, 0.15) is 6.42 Å². The summed E-state index contributed by atoms with van der Waals surface area (Å²) in [5, 5.41) is 15.4. The monoisotopic (exact) mass is 260 g/mol. The van der Waals surface area contributed by atoms with Crippen molar-refractivity contribution < 1.29 is 18.1 Å². The van der Waals surface area contributed by atoms with Gasteiger partial charge in [-0.25, -0.2) is 13.6 Å². The number of nitrogens with zero attached hydrogens (tertiary/aromatic N) is 1. The van der Waals surface area contributed by atoms with Crippen LogP contribution >= 0.6 is 0 Å². The second kappa shape index (κ2) is 5.60. The van der Waals surface area contributed by atoms with Crippen LogP contribution < -0.4 is 9.88 Å². The number of primary sulfonamides is 1. The number of hydrogen-bond donors (Lipinski definition) is 1. The number of nitro groups is 1. The fourth-order valence-corrected chi connectivity index (χ4v) is 1.69. The fraction of sp³-hybridized carbons (Fsp3) is 0.333. The van der Waals surface area contributed by atoms with Crippen molar-refractivity contribution in [3.63, 3.8) is 0 Å². The summed E-state index contributed by atoms with van der Waals surface area (Å²) in [6.45, 7) is 0.0568. The van der Waals surface area contributed by atoms with E-state index in [0.717, 1.165) is 0 Å². The van der Waals surface area contributed by atoms with Gasteiger partial charge in [0.25, 0.3) is 0 Å². The van der Waals surface area contributed by atoms with Gasteiger partial charge in [0.05, 0.1) is 17.3 Å². The van der Waals surface area contributed by atoms with E-state index in [1.807, 2.05) is 0 Å². The van der Waals surface area contributed by atoms with Crippen molar-refractivity contribution in [2.45, 2.75) is 6.42 Å². The minimum absolute atomic E-state index is 0.0568. The Balaban J connectivity index is 2.55. The number of nitro benzene ring substituents is 1. The molecule has 2 N–H and O–H groups in total. The van der Waals surface area contributed by atoms with Crippen LogP contribution in [-0.2, 0) is 10.0 Å². The van der Waals surface area contributed by atoms with E-state index in [4.69, 9.17) is 9.88 Å². The number of sulfonamides is 1. The highest BCUT2D eigenvalue weighted by Crippen LogP contribution is 2.25. The van der Waals surface area contributed by atoms with E-state index in [-0.39, 0.29) is 30.2 Å². The molecule has 0 radical (unpaired) electrons. The van der Waals surface area contributed by atoms with E-state index in [2.05, 4.69) is 0 Å². The lowest BCUT2D eigenvalue weighted by Crippen LogP contribution is -2.18. The van der Waals surface area contributed by atoms with E-state index < -0.39 is 14.9 Å². The first-order valence-electron chi connectivity index (χ1n) is 4.77. The third kappa shape index (κ3) is 4.79. The molecule has 1 aromatic carbocycles. The fourth-order valence-electron chi connectivity index (χ4n) is 1.17. The lowest BCUT2D eigenvalue weighted by molar-refractivity contribution is -0.385. The lowest BCUT2D eigenvalue weighted by Gasteiger charge is -2.05. The van der Waals surface area contributed by atoms with Gasteiger partial charge in [-0.05, 0) is 12.5 Å². The predicted molar refractivity (Wildman–Crippen MR) is 61.2 cm³/mol. The van der Waals surface area contributed by atoms with Crippen molar-refractivity contribution in [1.29, 1.82) is 0 Å². The van der Waals surface area contributed by atoms with Gasteiger partial charge in [-0.2, -0.15) is 0 Å². The van der Waals surface area contributed by atoms with Crippen molar-refractivity contribution in [1.82, 2.24) is 0 Å². The summed E-state index contributed by atoms with van der Waals surface area (Å²) >= 11 is 0. The van der Waals surface area contributed by atoms with Gasteiger partial charge in [-0.1, -0.05) is 12.1 Å². The van der Waals surface area contributed by atoms with Gasteiger partial charge in [-0.15, -0.1) is 0 Å². The predicted octanol–water partition coefficient (Wildman–Crippen LogP) is 0.652. The molecule has 8 heteroatoms. The number of nitrogens with two attached hydrogens (primary N) is 1. The van der Waals surface area contributed by atoms with Gasteiger partial charge in [0, 0.05) is 6.07 Å². The zero-order chi connectivity index (χ0) is 12.9. The maximum Gasteiger partial charge on any atom is 0.310 e. The van der Waals surface area contributed by atoms with E-state index in [9.17, 15) is 18.5 Å². The van der Waals surface area contributed by atoms with Gasteiger partial charge in [0.15, 0.2) is 5.75 Å². The van der Waals surface area contributed by atoms with E-state index in [1.54, 1.807) is 6.07 Å². The molecular formula is C9H12N2O5S. The highest BCUT2D eigenvalue weighted by molar-refractivity contribution is 7.89. The molecule has 0 atom stereocenters. The first-order valence-corrected chi connectivity index (χ1v) is 6.48. The molecule has 0 saturated heterocycles. The molecule has 0 fully saturated rings. The maximum atomic E-state index is 10.6. The van der Waals surface area contributed by atoms with Crippen LogP contribution in [0.15, 0.2) is 24.3 Å². The van der Waals surface area contributed by atoms with Crippen LogP contribution in [0, 0.1) is 10.1 Å². The van der Waals surface area contributed by atoms with Crippen LogP contribution in [0.4, 0.5) is 5.69 Å². The average molecular weight is 260 g/mol. The van der Waals surface area contributed by atoms with Crippen LogP contribution in [0.5, 0.6) is 5.75 Å². The number of rotatable bonds is 6. The molecule has 0 unspecified atom stereocenters. The summed E-state index contributed by atoms with van der Waals surface area (Å²) in [5.74, 6) is -0.0971. The van der Waals surface area contributed by atoms with E-state index >= 15 is 0 Å². The topological polar surface area (TPSA) is 113 Å². The van der Waals surface area contributed by atoms with Gasteiger partial charge in [0.1, 0.15) is 0 Å². The minimum Gasteiger partial charge on any atom is -0.487 e. The largest absolute Gasteiger partial charge is 0.487 e. The molecule has 0 bridgehead atoms. The molecule has 17 heavy (non-hydrogen) atoms. The molecule has 1 aromatic rings. The summed E-state index contributed by atoms with van der Waals surface area (Å²) in [6, 6.07) is 5.89. The Bertz CT molecular complexity index is 500. The lowest BCUT2D eigenvalue weighted by atomic mass is 10.3. The van der Waals surface area contributed by atoms with Crippen LogP contribution in [-0.4, -0.2) is 25.7 Å². The van der Waals surface area contributed by atoms with Gasteiger partial charge < -0.3 is 4.74 Å². The molecule has 0 aliphatic carbocycles. The molecule has 1 rings (SSSR count). The zero-order valence-corrected chi connectivity index (χ0v) is 9.72. The molecule has 0 heterocycles. The molecule has 0 saturated carbocycles. The molecule has 0 aliphatic heterocycles. The van der Waals surface area contributed by atoms with Crippen LogP contribution in [0.2, 0.25) is 0 Å². The summed E-state index contributed by atoms with van der Waals surface area (Å²) in [7, 11) is -3.52. The Hall–Kier alpha value is -1.67. The summed E-state index contributed by atoms with van der Waals surface area (Å²) in [6.07, 6.45) is 0.185. The normalized spacial score (nSPS) is 11.1. The third-order valence-corrected chi connectivity index (χ3v) is 2.75. The zero-order valence-electron chi connectivity index (χ0n) is 8.90. The number of ether oxygens (including phenoxy) is 1. The standard InChI is InChI=1S/C9H12N2O5S/c10-17(14,15)7-3-6-16-9-5-2-1-4-8(9)11(12)13/h1-2,4-5H,3,6-7H2,(H2,10,14,15).